The van der Waals surface area contributed by atoms with Gasteiger partial charge < -0.3 is 28.8 Å². The normalized spacial score (nSPS) is 12.2. The van der Waals surface area contributed by atoms with Crippen LogP contribution in [0, 0.1) is 0 Å². The third kappa shape index (κ3) is 5.61. The van der Waals surface area contributed by atoms with Crippen molar-refractivity contribution in [2.24, 2.45) is 0 Å². The van der Waals surface area contributed by atoms with Crippen molar-refractivity contribution in [1.82, 2.24) is 19.4 Å². The lowest BCUT2D eigenvalue weighted by atomic mass is 10.0. The second-order valence-corrected chi connectivity index (χ2v) is 10.3. The van der Waals surface area contributed by atoms with Crippen molar-refractivity contribution >= 4 is 17.5 Å². The van der Waals surface area contributed by atoms with Gasteiger partial charge >= 0.3 is 0 Å². The Hall–Kier alpha value is -5.31. The van der Waals surface area contributed by atoms with E-state index in [1.54, 1.807) is 37.7 Å². The molecule has 9 nitrogen and oxygen atoms in total. The second kappa shape index (κ2) is 12.3. The fraction of sp³-hybridized carbons (Fsp3) is 0.206. The molecule has 9 heteroatoms. The fourth-order valence-electron chi connectivity index (χ4n) is 5.58. The molecule has 3 aromatic carbocycles. The Kier molecular flexibility index (Phi) is 7.95. The summed E-state index contributed by atoms with van der Waals surface area (Å²) in [6, 6.07) is 24.8. The highest BCUT2D eigenvalue weighted by molar-refractivity contribution is 6.07. The van der Waals surface area contributed by atoms with E-state index in [0.717, 1.165) is 46.8 Å². The Morgan fingerprint density at radius 3 is 2.49 bits per heavy atom. The number of imidazole rings is 1. The summed E-state index contributed by atoms with van der Waals surface area (Å²) >= 11 is 0. The molecular weight excluding hydrogens is 542 g/mol. The van der Waals surface area contributed by atoms with E-state index in [9.17, 15) is 9.59 Å². The minimum Gasteiger partial charge on any atom is -0.496 e. The maximum Gasteiger partial charge on any atom is 0.267 e. The molecule has 0 aliphatic carbocycles. The predicted molar refractivity (Wildman–Crippen MR) is 165 cm³/mol. The van der Waals surface area contributed by atoms with Crippen molar-refractivity contribution in [1.29, 1.82) is 0 Å². The first-order valence-electron chi connectivity index (χ1n) is 14.2. The first kappa shape index (κ1) is 27.8. The van der Waals surface area contributed by atoms with Crippen molar-refractivity contribution in [2.45, 2.75) is 26.1 Å². The van der Waals surface area contributed by atoms with Crippen LogP contribution >= 0.6 is 0 Å². The van der Waals surface area contributed by atoms with E-state index < -0.39 is 0 Å². The Balaban J connectivity index is 1.26. The quantitative estimate of drug-likeness (QED) is 0.238. The third-order valence-corrected chi connectivity index (χ3v) is 7.76. The number of para-hydroxylation sites is 2. The number of methoxy groups -OCH3 is 2. The molecule has 1 aliphatic heterocycles. The number of amides is 2. The average Bonchev–Trinajstić information content (AvgIpc) is 3.68. The summed E-state index contributed by atoms with van der Waals surface area (Å²) in [4.78, 5) is 33.2. The van der Waals surface area contributed by atoms with Gasteiger partial charge in [-0.2, -0.15) is 0 Å². The molecule has 5 aromatic rings. The zero-order chi connectivity index (χ0) is 29.8. The number of aryl methyl sites for hydroxylation is 1. The van der Waals surface area contributed by atoms with Crippen molar-refractivity contribution in [3.8, 4) is 22.6 Å². The molecule has 1 aliphatic rings. The summed E-state index contributed by atoms with van der Waals surface area (Å²) in [5.41, 5.74) is 5.44. The topological polar surface area (TPSA) is 90.6 Å². The van der Waals surface area contributed by atoms with Crippen LogP contribution in [0.25, 0.3) is 11.1 Å². The summed E-state index contributed by atoms with van der Waals surface area (Å²) in [7, 11) is 3.23. The molecule has 1 N–H and O–H groups in total. The highest BCUT2D eigenvalue weighted by atomic mass is 16.5. The second-order valence-electron chi connectivity index (χ2n) is 10.3. The minimum absolute atomic E-state index is 0.134. The van der Waals surface area contributed by atoms with E-state index in [4.69, 9.17) is 9.47 Å². The van der Waals surface area contributed by atoms with E-state index in [2.05, 4.69) is 10.3 Å². The molecule has 6 rings (SSSR count). The Morgan fingerprint density at radius 2 is 1.67 bits per heavy atom. The van der Waals surface area contributed by atoms with E-state index in [1.165, 1.54) is 0 Å². The van der Waals surface area contributed by atoms with Crippen LogP contribution in [0.1, 0.15) is 38.5 Å². The summed E-state index contributed by atoms with van der Waals surface area (Å²) in [6.45, 7) is 2.13. The zero-order valence-electron chi connectivity index (χ0n) is 24.2. The first-order valence-corrected chi connectivity index (χ1v) is 14.2. The molecule has 0 spiro atoms. The van der Waals surface area contributed by atoms with Gasteiger partial charge in [0.15, 0.2) is 0 Å². The van der Waals surface area contributed by atoms with Gasteiger partial charge in [-0.3, -0.25) is 9.59 Å². The van der Waals surface area contributed by atoms with Gasteiger partial charge in [-0.15, -0.1) is 0 Å². The molecule has 43 heavy (non-hydrogen) atoms. The summed E-state index contributed by atoms with van der Waals surface area (Å²) in [6.07, 6.45) is 6.21. The molecule has 3 heterocycles. The predicted octanol–water partition coefficient (Wildman–Crippen LogP) is 5.40. The number of benzene rings is 3. The van der Waals surface area contributed by atoms with Gasteiger partial charge in [0.2, 0.25) is 0 Å². The van der Waals surface area contributed by atoms with E-state index >= 15 is 0 Å². The number of anilines is 1. The van der Waals surface area contributed by atoms with E-state index in [-0.39, 0.29) is 11.8 Å². The Labute approximate surface area is 250 Å². The van der Waals surface area contributed by atoms with Crippen LogP contribution in [0.5, 0.6) is 11.5 Å². The number of ether oxygens (including phenoxy) is 2. The number of fused-ring (bicyclic) bond motifs is 2. The number of carbonyl (C=O) groups is 2. The van der Waals surface area contributed by atoms with Crippen LogP contribution in [0.15, 0.2) is 97.6 Å². The lowest BCUT2D eigenvalue weighted by Gasteiger charge is -2.23. The van der Waals surface area contributed by atoms with Crippen LogP contribution in [-0.4, -0.2) is 46.7 Å². The van der Waals surface area contributed by atoms with Crippen LogP contribution in [0.2, 0.25) is 0 Å². The molecule has 0 radical (unpaired) electrons. The van der Waals surface area contributed by atoms with Crippen molar-refractivity contribution in [3.05, 3.63) is 120 Å². The SMILES string of the molecule is COc1ccccc1-c1ccc(C(=O)N2Cc3ccc(C(=O)NCCCn4ccnc4)n3Cc3ccccc32)cc1OC. The number of rotatable bonds is 9. The lowest BCUT2D eigenvalue weighted by molar-refractivity contribution is 0.0943. The van der Waals surface area contributed by atoms with Crippen LogP contribution in [-0.2, 0) is 19.6 Å². The molecular formula is C34H33N5O4. The van der Waals surface area contributed by atoms with Crippen LogP contribution in [0.3, 0.4) is 0 Å². The molecule has 0 saturated carbocycles. The van der Waals surface area contributed by atoms with Gasteiger partial charge in [0.05, 0.1) is 33.6 Å². The highest BCUT2D eigenvalue weighted by Crippen LogP contribution is 2.38. The van der Waals surface area contributed by atoms with E-state index in [0.29, 0.717) is 36.6 Å². The number of aromatic nitrogens is 3. The molecule has 0 fully saturated rings. The van der Waals surface area contributed by atoms with Gasteiger partial charge in [0.1, 0.15) is 17.2 Å². The number of hydrogen-bond donors (Lipinski definition) is 1. The van der Waals surface area contributed by atoms with Crippen LogP contribution < -0.4 is 19.7 Å². The monoisotopic (exact) mass is 575 g/mol. The first-order chi connectivity index (χ1) is 21.1. The van der Waals surface area contributed by atoms with Crippen molar-refractivity contribution < 1.29 is 19.1 Å². The molecule has 0 saturated heterocycles. The van der Waals surface area contributed by atoms with E-state index in [1.807, 2.05) is 88.1 Å². The maximum absolute atomic E-state index is 14.1. The summed E-state index contributed by atoms with van der Waals surface area (Å²) < 4.78 is 15.3. The third-order valence-electron chi connectivity index (χ3n) is 7.76. The lowest BCUT2D eigenvalue weighted by Crippen LogP contribution is -2.31. The molecule has 218 valence electrons. The van der Waals surface area contributed by atoms with Crippen molar-refractivity contribution in [3.63, 3.8) is 0 Å². The maximum atomic E-state index is 14.1. The minimum atomic E-state index is -0.155. The van der Waals surface area contributed by atoms with Gasteiger partial charge in [0.25, 0.3) is 11.8 Å². The summed E-state index contributed by atoms with van der Waals surface area (Å²) in [5.74, 6) is 1.01. The molecule has 0 bridgehead atoms. The number of nitrogens with zero attached hydrogens (tertiary/aromatic N) is 4. The molecule has 2 amide bonds. The van der Waals surface area contributed by atoms with Gasteiger partial charge in [-0.05, 0) is 54.4 Å². The summed E-state index contributed by atoms with van der Waals surface area (Å²) in [5, 5.41) is 3.04. The van der Waals surface area contributed by atoms with Crippen LogP contribution in [0.4, 0.5) is 5.69 Å². The standard InChI is InChI=1S/C34H33N5O4/c1-42-31-11-6-4-9-27(31)28-14-12-24(20-32(28)43-2)34(41)39-22-26-13-15-30(38(26)21-25-8-3-5-10-29(25)39)33(40)36-16-7-18-37-19-17-35-23-37/h3-6,8-15,17,19-20,23H,7,16,18,21-22H2,1-2H3,(H,36,40). The van der Waals surface area contributed by atoms with Gasteiger partial charge in [-0.1, -0.05) is 36.4 Å². The Morgan fingerprint density at radius 1 is 0.884 bits per heavy atom. The average molecular weight is 576 g/mol. The number of nitrogens with one attached hydrogen (secondary N) is 1. The largest absolute Gasteiger partial charge is 0.496 e. The highest BCUT2D eigenvalue weighted by Gasteiger charge is 2.28. The van der Waals surface area contributed by atoms with Gasteiger partial charge in [-0.25, -0.2) is 4.98 Å². The smallest absolute Gasteiger partial charge is 0.267 e. The Bertz CT molecular complexity index is 1760. The van der Waals surface area contributed by atoms with Gasteiger partial charge in [0, 0.05) is 53.6 Å². The van der Waals surface area contributed by atoms with Crippen molar-refractivity contribution in [2.75, 3.05) is 25.7 Å². The molecule has 0 unspecified atom stereocenters. The molecule has 0 atom stereocenters. The number of carbonyl (C=O) groups excluding carboxylic acids is 2. The molecule has 2 aromatic heterocycles. The fourth-order valence-corrected chi connectivity index (χ4v) is 5.58. The number of hydrogen-bond acceptors (Lipinski definition) is 5. The zero-order valence-corrected chi connectivity index (χ0v) is 24.2.